The first-order valence-corrected chi connectivity index (χ1v) is 6.44. The highest BCUT2D eigenvalue weighted by molar-refractivity contribution is 6.34. The number of nitrogens with zero attached hydrogens (tertiary/aromatic N) is 1. The van der Waals surface area contributed by atoms with Gasteiger partial charge in [0.2, 0.25) is 0 Å². The maximum absolute atomic E-state index is 11.2. The highest BCUT2D eigenvalue weighted by Gasteiger charge is 2.14. The van der Waals surface area contributed by atoms with Crippen LogP contribution in [-0.2, 0) is 6.54 Å². The lowest BCUT2D eigenvalue weighted by Crippen LogP contribution is -2.08. The minimum Gasteiger partial charge on any atom is -0.478 e. The summed E-state index contributed by atoms with van der Waals surface area (Å²) in [5, 5.41) is 21.2. The van der Waals surface area contributed by atoms with Gasteiger partial charge in [0.15, 0.2) is 0 Å². The minimum atomic E-state index is -1.11. The molecule has 6 heteroatoms. The van der Waals surface area contributed by atoms with Crippen molar-refractivity contribution in [3.63, 3.8) is 0 Å². The average Bonchev–Trinajstić information content (AvgIpc) is 2.46. The Hall–Kier alpha value is -2.71. The van der Waals surface area contributed by atoms with E-state index in [-0.39, 0.29) is 10.6 Å². The molecule has 0 heterocycles. The molecule has 0 fully saturated rings. The number of halogens is 1. The first kappa shape index (κ1) is 14.7. The Balaban J connectivity index is 2.23. The normalized spacial score (nSPS) is 9.90. The maximum Gasteiger partial charge on any atom is 0.337 e. The van der Waals surface area contributed by atoms with Crippen molar-refractivity contribution in [1.82, 2.24) is 0 Å². The maximum atomic E-state index is 11.2. The second kappa shape index (κ2) is 6.16. The zero-order valence-electron chi connectivity index (χ0n) is 10.9. The van der Waals surface area contributed by atoms with Gasteiger partial charge in [-0.25, -0.2) is 4.79 Å². The van der Waals surface area contributed by atoms with Crippen molar-refractivity contribution in [2.75, 3.05) is 11.1 Å². The molecule has 0 aliphatic heterocycles. The van der Waals surface area contributed by atoms with Gasteiger partial charge in [-0.1, -0.05) is 23.7 Å². The number of nitrogens with one attached hydrogen (secondary N) is 1. The number of carboxylic acid groups (broad SMARTS) is 1. The fourth-order valence-corrected chi connectivity index (χ4v) is 2.16. The quantitative estimate of drug-likeness (QED) is 0.754. The van der Waals surface area contributed by atoms with Crippen LogP contribution in [0.3, 0.4) is 0 Å². The molecule has 0 spiro atoms. The Morgan fingerprint density at radius 1 is 1.33 bits per heavy atom. The summed E-state index contributed by atoms with van der Waals surface area (Å²) >= 11 is 6.04. The Bertz CT molecular complexity index is 721. The summed E-state index contributed by atoms with van der Waals surface area (Å²) in [4.78, 5) is 11.2. The van der Waals surface area contributed by atoms with Crippen LogP contribution in [0.4, 0.5) is 11.4 Å². The Morgan fingerprint density at radius 2 is 2.00 bits per heavy atom. The standard InChI is InChI=1S/C15H12ClN3O2/c16-13-6-11(18)5-12(15(20)21)14(13)19-8-10-3-1-9(7-17)2-4-10/h1-6,19H,8,18H2,(H,20,21). The van der Waals surface area contributed by atoms with E-state index in [1.165, 1.54) is 12.1 Å². The van der Waals surface area contributed by atoms with Gasteiger partial charge in [-0.3, -0.25) is 0 Å². The molecular weight excluding hydrogens is 290 g/mol. The van der Waals surface area contributed by atoms with Gasteiger partial charge >= 0.3 is 5.97 Å². The third kappa shape index (κ3) is 3.44. The molecule has 0 saturated heterocycles. The van der Waals surface area contributed by atoms with Crippen molar-refractivity contribution in [2.24, 2.45) is 0 Å². The molecule has 2 aromatic carbocycles. The van der Waals surface area contributed by atoms with Crippen molar-refractivity contribution in [1.29, 1.82) is 5.26 Å². The summed E-state index contributed by atoms with van der Waals surface area (Å²) in [6.45, 7) is 0.385. The van der Waals surface area contributed by atoms with E-state index in [4.69, 9.17) is 22.6 Å². The van der Waals surface area contributed by atoms with Crippen LogP contribution in [-0.4, -0.2) is 11.1 Å². The number of nitrogens with two attached hydrogens (primary N) is 1. The molecule has 0 aromatic heterocycles. The molecule has 21 heavy (non-hydrogen) atoms. The number of nitrogen functional groups attached to an aromatic ring is 1. The first-order chi connectivity index (χ1) is 10.0. The average molecular weight is 302 g/mol. The number of hydrogen-bond donors (Lipinski definition) is 3. The third-order valence-electron chi connectivity index (χ3n) is 2.90. The van der Waals surface area contributed by atoms with Gasteiger partial charge in [-0.15, -0.1) is 0 Å². The second-order valence-electron chi connectivity index (χ2n) is 4.39. The molecule has 0 aliphatic carbocycles. The van der Waals surface area contributed by atoms with Crippen LogP contribution < -0.4 is 11.1 Å². The summed E-state index contributed by atoms with van der Waals surface area (Å²) in [7, 11) is 0. The van der Waals surface area contributed by atoms with Crippen molar-refractivity contribution in [3.05, 3.63) is 58.1 Å². The fraction of sp³-hybridized carbons (Fsp3) is 0.0667. The summed E-state index contributed by atoms with van der Waals surface area (Å²) in [5.41, 5.74) is 7.70. The molecule has 0 saturated carbocycles. The van der Waals surface area contributed by atoms with Crippen LogP contribution in [0.15, 0.2) is 36.4 Å². The number of hydrogen-bond acceptors (Lipinski definition) is 4. The number of carboxylic acids is 1. The number of nitriles is 1. The summed E-state index contributed by atoms with van der Waals surface area (Å²) in [6, 6.07) is 11.9. The van der Waals surface area contributed by atoms with Crippen LogP contribution in [0.2, 0.25) is 5.02 Å². The smallest absolute Gasteiger partial charge is 0.337 e. The van der Waals surface area contributed by atoms with Gasteiger partial charge in [0.25, 0.3) is 0 Å². The van der Waals surface area contributed by atoms with Crippen LogP contribution >= 0.6 is 11.6 Å². The summed E-state index contributed by atoms with van der Waals surface area (Å²) < 4.78 is 0. The van der Waals surface area contributed by atoms with E-state index in [1.54, 1.807) is 24.3 Å². The predicted octanol–water partition coefficient (Wildman–Crippen LogP) is 3.10. The van der Waals surface area contributed by atoms with E-state index < -0.39 is 5.97 Å². The monoisotopic (exact) mass is 301 g/mol. The highest BCUT2D eigenvalue weighted by Crippen LogP contribution is 2.29. The van der Waals surface area contributed by atoms with Crippen molar-refractivity contribution in [3.8, 4) is 6.07 Å². The Labute approximate surface area is 126 Å². The lowest BCUT2D eigenvalue weighted by atomic mass is 10.1. The SMILES string of the molecule is N#Cc1ccc(CNc2c(Cl)cc(N)cc2C(=O)O)cc1. The van der Waals surface area contributed by atoms with Gasteiger partial charge in [-0.2, -0.15) is 5.26 Å². The van der Waals surface area contributed by atoms with Gasteiger partial charge in [0.05, 0.1) is 27.9 Å². The lowest BCUT2D eigenvalue weighted by molar-refractivity contribution is 0.0698. The van der Waals surface area contributed by atoms with Crippen molar-refractivity contribution >= 4 is 28.9 Å². The van der Waals surface area contributed by atoms with Crippen LogP contribution in [0.1, 0.15) is 21.5 Å². The van der Waals surface area contributed by atoms with Crippen molar-refractivity contribution < 1.29 is 9.90 Å². The predicted molar refractivity (Wildman–Crippen MR) is 81.3 cm³/mol. The topological polar surface area (TPSA) is 99.1 Å². The Kier molecular flexibility index (Phi) is 4.31. The molecular formula is C15H12ClN3O2. The number of benzene rings is 2. The Morgan fingerprint density at radius 3 is 2.57 bits per heavy atom. The van der Waals surface area contributed by atoms with Gasteiger partial charge in [0, 0.05) is 12.2 Å². The number of anilines is 2. The van der Waals surface area contributed by atoms with Gasteiger partial charge in [0.1, 0.15) is 0 Å². The van der Waals surface area contributed by atoms with Crippen LogP contribution in [0, 0.1) is 11.3 Å². The number of carbonyl (C=O) groups is 1. The van der Waals surface area contributed by atoms with Gasteiger partial charge in [-0.05, 0) is 29.8 Å². The zero-order valence-corrected chi connectivity index (χ0v) is 11.7. The van der Waals surface area contributed by atoms with Crippen LogP contribution in [0.25, 0.3) is 0 Å². The molecule has 0 atom stereocenters. The molecule has 0 amide bonds. The second-order valence-corrected chi connectivity index (χ2v) is 4.80. The lowest BCUT2D eigenvalue weighted by Gasteiger charge is -2.12. The van der Waals surface area contributed by atoms with Gasteiger partial charge < -0.3 is 16.2 Å². The number of aromatic carboxylic acids is 1. The summed E-state index contributed by atoms with van der Waals surface area (Å²) in [5.74, 6) is -1.11. The highest BCUT2D eigenvalue weighted by atomic mass is 35.5. The van der Waals surface area contributed by atoms with E-state index in [9.17, 15) is 9.90 Å². The van der Waals surface area contributed by atoms with Crippen LogP contribution in [0.5, 0.6) is 0 Å². The molecule has 0 bridgehead atoms. The van der Waals surface area contributed by atoms with E-state index >= 15 is 0 Å². The molecule has 2 rings (SSSR count). The molecule has 2 aromatic rings. The third-order valence-corrected chi connectivity index (χ3v) is 3.19. The fourth-order valence-electron chi connectivity index (χ4n) is 1.86. The molecule has 0 unspecified atom stereocenters. The van der Waals surface area contributed by atoms with E-state index in [0.29, 0.717) is 23.5 Å². The largest absolute Gasteiger partial charge is 0.478 e. The molecule has 5 nitrogen and oxygen atoms in total. The molecule has 4 N–H and O–H groups in total. The molecule has 0 aliphatic rings. The van der Waals surface area contributed by atoms with E-state index in [0.717, 1.165) is 5.56 Å². The minimum absolute atomic E-state index is 0.0219. The zero-order chi connectivity index (χ0) is 15.4. The van der Waals surface area contributed by atoms with E-state index in [1.807, 2.05) is 6.07 Å². The molecule has 0 radical (unpaired) electrons. The number of rotatable bonds is 4. The first-order valence-electron chi connectivity index (χ1n) is 6.06. The van der Waals surface area contributed by atoms with E-state index in [2.05, 4.69) is 5.32 Å². The van der Waals surface area contributed by atoms with Crippen molar-refractivity contribution in [2.45, 2.75) is 6.54 Å². The summed E-state index contributed by atoms with van der Waals surface area (Å²) in [6.07, 6.45) is 0. The molecule has 106 valence electrons.